The molecular weight excluding hydrogens is 586 g/mol. The molecule has 0 radical (unpaired) electrons. The van der Waals surface area contributed by atoms with E-state index in [2.05, 4.69) is 10.4 Å². The Labute approximate surface area is 245 Å². The standard InChI is InChI=1S/C28H32Cl2F3N3O5/c1-26(2)10-9-21(41-26)19(13-20(37)22-17(29)5-4-6-18(22)30)35-24(38)16-14-34-36(23(16)28(31,32)33)15-7-11-27(3,12-8-15)25(39)40/h4-6,14-15,19,21H,7-13H2,1-3H3,(H,35,38)(H,39,40)/t15?,19?,21-,27?/m0/s1. The van der Waals surface area contributed by atoms with Gasteiger partial charge in [-0.15, -0.1) is 0 Å². The van der Waals surface area contributed by atoms with Crippen molar-refractivity contribution in [3.05, 3.63) is 51.3 Å². The molecule has 4 rings (SSSR count). The second-order valence-electron chi connectivity index (χ2n) is 11.7. The van der Waals surface area contributed by atoms with E-state index < -0.39 is 64.3 Å². The molecule has 2 N–H and O–H groups in total. The first kappa shape index (κ1) is 31.3. The molecule has 41 heavy (non-hydrogen) atoms. The summed E-state index contributed by atoms with van der Waals surface area (Å²) in [7, 11) is 0. The summed E-state index contributed by atoms with van der Waals surface area (Å²) in [6.07, 6.45) is -3.23. The van der Waals surface area contributed by atoms with Crippen LogP contribution >= 0.6 is 23.2 Å². The minimum absolute atomic E-state index is 0.0572. The molecule has 1 aliphatic carbocycles. The Hall–Kier alpha value is -2.63. The fourth-order valence-electron chi connectivity index (χ4n) is 5.67. The molecular formula is C28H32Cl2F3N3O5. The number of nitrogens with one attached hydrogen (secondary N) is 1. The number of aliphatic carboxylic acids is 1. The lowest BCUT2D eigenvalue weighted by molar-refractivity contribution is -0.152. The van der Waals surface area contributed by atoms with Crippen molar-refractivity contribution in [1.29, 1.82) is 0 Å². The lowest BCUT2D eigenvalue weighted by atomic mass is 9.74. The Morgan fingerprint density at radius 2 is 1.73 bits per heavy atom. The largest absolute Gasteiger partial charge is 0.481 e. The number of nitrogens with zero attached hydrogens (tertiary/aromatic N) is 2. The molecule has 1 aromatic carbocycles. The Morgan fingerprint density at radius 3 is 2.24 bits per heavy atom. The summed E-state index contributed by atoms with van der Waals surface area (Å²) in [5.41, 5.74) is -3.42. The van der Waals surface area contributed by atoms with Crippen molar-refractivity contribution in [2.75, 3.05) is 0 Å². The highest BCUT2D eigenvalue weighted by molar-refractivity contribution is 6.39. The van der Waals surface area contributed by atoms with Crippen LogP contribution < -0.4 is 5.32 Å². The van der Waals surface area contributed by atoms with Crippen molar-refractivity contribution >= 4 is 40.9 Å². The number of carbonyl (C=O) groups excluding carboxylic acids is 2. The van der Waals surface area contributed by atoms with Gasteiger partial charge < -0.3 is 15.2 Å². The van der Waals surface area contributed by atoms with Gasteiger partial charge in [0.25, 0.3) is 5.91 Å². The van der Waals surface area contributed by atoms with Crippen molar-refractivity contribution in [2.24, 2.45) is 5.41 Å². The molecule has 1 saturated carbocycles. The maximum absolute atomic E-state index is 14.4. The molecule has 2 aromatic rings. The van der Waals surface area contributed by atoms with Crippen molar-refractivity contribution in [1.82, 2.24) is 15.1 Å². The van der Waals surface area contributed by atoms with Gasteiger partial charge in [-0.1, -0.05) is 29.3 Å². The summed E-state index contributed by atoms with van der Waals surface area (Å²) in [5, 5.41) is 16.3. The summed E-state index contributed by atoms with van der Waals surface area (Å²) < 4.78 is 49.9. The Kier molecular flexibility index (Phi) is 8.83. The van der Waals surface area contributed by atoms with Gasteiger partial charge in [0.1, 0.15) is 0 Å². The van der Waals surface area contributed by atoms with Gasteiger partial charge in [-0.05, 0) is 71.4 Å². The molecule has 1 aromatic heterocycles. The predicted octanol–water partition coefficient (Wildman–Crippen LogP) is 6.74. The van der Waals surface area contributed by atoms with Crippen LogP contribution in [0.4, 0.5) is 13.2 Å². The third-order valence-corrected chi connectivity index (χ3v) is 8.77. The van der Waals surface area contributed by atoms with Crippen molar-refractivity contribution in [3.8, 4) is 0 Å². The third kappa shape index (κ3) is 6.73. The van der Waals surface area contributed by atoms with Crippen molar-refractivity contribution in [3.63, 3.8) is 0 Å². The molecule has 2 aliphatic rings. The zero-order valence-electron chi connectivity index (χ0n) is 22.9. The van der Waals surface area contributed by atoms with Crippen molar-refractivity contribution in [2.45, 2.75) is 95.7 Å². The van der Waals surface area contributed by atoms with E-state index in [1.807, 2.05) is 13.8 Å². The van der Waals surface area contributed by atoms with Gasteiger partial charge in [0.15, 0.2) is 11.5 Å². The van der Waals surface area contributed by atoms with Gasteiger partial charge in [-0.3, -0.25) is 19.1 Å². The molecule has 2 atom stereocenters. The van der Waals surface area contributed by atoms with Gasteiger partial charge in [0.05, 0.1) is 56.6 Å². The zero-order valence-corrected chi connectivity index (χ0v) is 24.4. The van der Waals surface area contributed by atoms with E-state index in [-0.39, 0.29) is 47.7 Å². The minimum Gasteiger partial charge on any atom is -0.481 e. The first-order valence-corrected chi connectivity index (χ1v) is 14.1. The van der Waals surface area contributed by atoms with Gasteiger partial charge in [0.2, 0.25) is 0 Å². The number of hydrogen-bond donors (Lipinski definition) is 2. The Morgan fingerprint density at radius 1 is 1.12 bits per heavy atom. The number of carboxylic acids is 1. The Bertz CT molecular complexity index is 1320. The summed E-state index contributed by atoms with van der Waals surface area (Å²) in [6.45, 7) is 5.27. The molecule has 0 spiro atoms. The van der Waals surface area contributed by atoms with Crippen LogP contribution in [0.5, 0.6) is 0 Å². The maximum atomic E-state index is 14.4. The fourth-order valence-corrected chi connectivity index (χ4v) is 6.28. The van der Waals surface area contributed by atoms with Crippen LogP contribution in [0.2, 0.25) is 10.0 Å². The van der Waals surface area contributed by atoms with E-state index in [0.29, 0.717) is 12.8 Å². The lowest BCUT2D eigenvalue weighted by Crippen LogP contribution is -2.45. The number of ketones is 1. The normalized spacial score (nSPS) is 25.1. The minimum atomic E-state index is -4.92. The van der Waals surface area contributed by atoms with Crippen LogP contribution in [0, 0.1) is 5.41 Å². The first-order chi connectivity index (χ1) is 19.0. The van der Waals surface area contributed by atoms with Crippen LogP contribution in [0.15, 0.2) is 24.4 Å². The molecule has 2 fully saturated rings. The summed E-state index contributed by atoms with van der Waals surface area (Å²) in [4.78, 5) is 38.3. The van der Waals surface area contributed by atoms with E-state index >= 15 is 0 Å². The summed E-state index contributed by atoms with van der Waals surface area (Å²) >= 11 is 12.4. The average molecular weight is 618 g/mol. The molecule has 0 bridgehead atoms. The van der Waals surface area contributed by atoms with Crippen molar-refractivity contribution < 1.29 is 37.4 Å². The van der Waals surface area contributed by atoms with Gasteiger partial charge >= 0.3 is 12.1 Å². The number of benzene rings is 1. The van der Waals surface area contributed by atoms with Crippen LogP contribution in [-0.4, -0.2) is 50.3 Å². The SMILES string of the molecule is CC1(C)CC[C@@H](C(CC(=O)c2c(Cl)cccc2Cl)NC(=O)c2cnn(C3CCC(C)(C(=O)O)CC3)c2C(F)(F)F)O1. The van der Waals surface area contributed by atoms with Gasteiger partial charge in [0, 0.05) is 6.42 Å². The number of hydrogen-bond acceptors (Lipinski definition) is 5. The third-order valence-electron chi connectivity index (χ3n) is 8.14. The smallest absolute Gasteiger partial charge is 0.433 e. The number of carboxylic acid groups (broad SMARTS) is 1. The molecule has 2 heterocycles. The number of halogens is 5. The molecule has 1 unspecified atom stereocenters. The number of aromatic nitrogens is 2. The topological polar surface area (TPSA) is 111 Å². The van der Waals surface area contributed by atoms with E-state index in [1.165, 1.54) is 12.1 Å². The number of alkyl halides is 3. The van der Waals surface area contributed by atoms with E-state index in [0.717, 1.165) is 10.9 Å². The summed E-state index contributed by atoms with van der Waals surface area (Å²) in [6, 6.07) is 2.88. The van der Waals surface area contributed by atoms with Gasteiger partial charge in [-0.25, -0.2) is 0 Å². The number of rotatable bonds is 8. The highest BCUT2D eigenvalue weighted by Gasteiger charge is 2.45. The van der Waals surface area contributed by atoms with Gasteiger partial charge in [-0.2, -0.15) is 18.3 Å². The zero-order chi connectivity index (χ0) is 30.3. The number of Topliss-reactive ketones (excluding diaryl/α,β-unsaturated/α-hetero) is 1. The fraction of sp³-hybridized carbons (Fsp3) is 0.571. The lowest BCUT2D eigenvalue weighted by Gasteiger charge is -2.34. The van der Waals surface area contributed by atoms with E-state index in [9.17, 15) is 32.7 Å². The second-order valence-corrected chi connectivity index (χ2v) is 12.5. The average Bonchev–Trinajstić information content (AvgIpc) is 3.47. The number of amides is 1. The molecule has 224 valence electrons. The summed E-state index contributed by atoms with van der Waals surface area (Å²) in [5.74, 6) is -2.54. The van der Waals surface area contributed by atoms with E-state index in [1.54, 1.807) is 13.0 Å². The second kappa shape index (κ2) is 11.6. The number of ether oxygens (including phenoxy) is 1. The molecule has 8 nitrogen and oxygen atoms in total. The van der Waals surface area contributed by atoms with Crippen LogP contribution in [0.3, 0.4) is 0 Å². The number of carbonyl (C=O) groups is 3. The maximum Gasteiger partial charge on any atom is 0.433 e. The quantitative estimate of drug-likeness (QED) is 0.317. The highest BCUT2D eigenvalue weighted by atomic mass is 35.5. The van der Waals surface area contributed by atoms with Crippen LogP contribution in [0.25, 0.3) is 0 Å². The van der Waals surface area contributed by atoms with E-state index in [4.69, 9.17) is 27.9 Å². The molecule has 1 aliphatic heterocycles. The highest BCUT2D eigenvalue weighted by Crippen LogP contribution is 2.43. The molecule has 1 amide bonds. The first-order valence-electron chi connectivity index (χ1n) is 13.4. The predicted molar refractivity (Wildman–Crippen MR) is 145 cm³/mol. The van der Waals surface area contributed by atoms with Crippen LogP contribution in [-0.2, 0) is 15.7 Å². The monoisotopic (exact) mass is 617 g/mol. The Balaban J connectivity index is 1.62. The molecule has 1 saturated heterocycles. The molecule has 13 heteroatoms. The van der Waals surface area contributed by atoms with Crippen LogP contribution in [0.1, 0.15) is 98.2 Å².